The third-order valence-electron chi connectivity index (χ3n) is 6.03. The molecule has 190 valence electrons. The molecule has 1 aliphatic rings. The number of hydrogen-bond acceptors (Lipinski definition) is 10. The Morgan fingerprint density at radius 1 is 0.861 bits per heavy atom. The molecule has 4 rings (SSSR count). The molecule has 4 N–H and O–H groups in total. The fraction of sp³-hybridized carbons (Fsp3) is 0.269. The summed E-state index contributed by atoms with van der Waals surface area (Å²) in [6, 6.07) is 8.19. The Kier molecular flexibility index (Phi) is 6.61. The average molecular weight is 498 g/mol. The molecule has 1 heterocycles. The molecule has 0 bridgehead atoms. The maximum Gasteiger partial charge on any atom is 0.338 e. The highest BCUT2D eigenvalue weighted by Crippen LogP contribution is 2.46. The Morgan fingerprint density at radius 2 is 1.47 bits per heavy atom. The molecule has 0 unspecified atom stereocenters. The van der Waals surface area contributed by atoms with Crippen LogP contribution in [0.15, 0.2) is 36.4 Å². The summed E-state index contributed by atoms with van der Waals surface area (Å²) >= 11 is 0. The number of benzene rings is 3. The van der Waals surface area contributed by atoms with Gasteiger partial charge >= 0.3 is 5.97 Å². The number of methoxy groups -OCH3 is 3. The number of fused-ring (bicyclic) bond motifs is 1. The molecule has 36 heavy (non-hydrogen) atoms. The van der Waals surface area contributed by atoms with Crippen LogP contribution in [0.1, 0.15) is 33.2 Å². The Bertz CT molecular complexity index is 1270. The topological polar surface area (TPSA) is 144 Å². The minimum atomic E-state index is -0.964. The molecule has 3 aromatic rings. The van der Waals surface area contributed by atoms with Gasteiger partial charge in [-0.3, -0.25) is 0 Å². The van der Waals surface area contributed by atoms with E-state index in [9.17, 15) is 25.2 Å². The van der Waals surface area contributed by atoms with Crippen molar-refractivity contribution in [2.45, 2.75) is 25.6 Å². The van der Waals surface area contributed by atoms with E-state index in [0.29, 0.717) is 28.4 Å². The summed E-state index contributed by atoms with van der Waals surface area (Å²) in [4.78, 5) is 13.0. The summed E-state index contributed by atoms with van der Waals surface area (Å²) in [5, 5.41) is 40.4. The lowest BCUT2D eigenvalue weighted by Crippen LogP contribution is -2.35. The van der Waals surface area contributed by atoms with Crippen LogP contribution in [0.3, 0.4) is 0 Å². The molecule has 2 atom stereocenters. The van der Waals surface area contributed by atoms with Crippen LogP contribution in [0.4, 0.5) is 0 Å². The predicted molar refractivity (Wildman–Crippen MR) is 127 cm³/mol. The van der Waals surface area contributed by atoms with Gasteiger partial charge < -0.3 is 44.1 Å². The van der Waals surface area contributed by atoms with Gasteiger partial charge in [-0.2, -0.15) is 0 Å². The summed E-state index contributed by atoms with van der Waals surface area (Å²) in [5.74, 6) is -0.511. The van der Waals surface area contributed by atoms with Gasteiger partial charge in [-0.05, 0) is 31.2 Å². The van der Waals surface area contributed by atoms with Gasteiger partial charge in [0.2, 0.25) is 5.75 Å². The molecule has 0 saturated carbocycles. The zero-order chi connectivity index (χ0) is 26.1. The molecular weight excluding hydrogens is 472 g/mol. The summed E-state index contributed by atoms with van der Waals surface area (Å²) in [7, 11) is 4.39. The SMILES string of the molecule is COc1cc([C@H]2Oc3cc(O)cc(O)c3C[C@H]2OC(=O)c2cc(O)c(C)c(O)c2)cc(OC)c1OC. The lowest BCUT2D eigenvalue weighted by atomic mass is 9.93. The highest BCUT2D eigenvalue weighted by atomic mass is 16.6. The van der Waals surface area contributed by atoms with Gasteiger partial charge in [-0.25, -0.2) is 4.79 Å². The zero-order valence-corrected chi connectivity index (χ0v) is 20.1. The minimum absolute atomic E-state index is 0.0400. The van der Waals surface area contributed by atoms with E-state index in [1.807, 2.05) is 0 Å². The minimum Gasteiger partial charge on any atom is -0.508 e. The highest BCUT2D eigenvalue weighted by Gasteiger charge is 2.37. The van der Waals surface area contributed by atoms with Gasteiger partial charge in [0, 0.05) is 35.2 Å². The number of hydrogen-bond donors (Lipinski definition) is 4. The lowest BCUT2D eigenvalue weighted by molar-refractivity contribution is -0.0189. The standard InChI is InChI=1S/C26H26O10/c1-12-17(28)5-14(6-18(12)29)26(31)36-23-11-16-19(30)9-15(27)10-20(16)35-24(23)13-7-21(32-2)25(34-4)22(8-13)33-3/h5-10,23-24,27-30H,11H2,1-4H3/t23-,24-/m1/s1. The van der Waals surface area contributed by atoms with E-state index in [-0.39, 0.29) is 46.3 Å². The molecular formula is C26H26O10. The second-order valence-electron chi connectivity index (χ2n) is 8.23. The van der Waals surface area contributed by atoms with Crippen LogP contribution >= 0.6 is 0 Å². The maximum absolute atomic E-state index is 13.0. The second-order valence-corrected chi connectivity index (χ2v) is 8.23. The number of carbonyl (C=O) groups is 1. The van der Waals surface area contributed by atoms with E-state index in [1.165, 1.54) is 46.5 Å². The van der Waals surface area contributed by atoms with E-state index in [0.717, 1.165) is 6.07 Å². The van der Waals surface area contributed by atoms with Crippen LogP contribution in [0.25, 0.3) is 0 Å². The van der Waals surface area contributed by atoms with E-state index in [2.05, 4.69) is 0 Å². The monoisotopic (exact) mass is 498 g/mol. The number of esters is 1. The second kappa shape index (κ2) is 9.65. The van der Waals surface area contributed by atoms with Gasteiger partial charge in [-0.1, -0.05) is 0 Å². The van der Waals surface area contributed by atoms with Crippen LogP contribution < -0.4 is 18.9 Å². The fourth-order valence-corrected chi connectivity index (χ4v) is 4.11. The van der Waals surface area contributed by atoms with Gasteiger partial charge in [0.05, 0.1) is 26.9 Å². The van der Waals surface area contributed by atoms with Crippen molar-refractivity contribution in [1.29, 1.82) is 0 Å². The number of ether oxygens (including phenoxy) is 5. The van der Waals surface area contributed by atoms with Crippen LogP contribution in [0.2, 0.25) is 0 Å². The van der Waals surface area contributed by atoms with Crippen molar-refractivity contribution in [3.8, 4) is 46.0 Å². The average Bonchev–Trinajstić information content (AvgIpc) is 2.85. The van der Waals surface area contributed by atoms with Crippen molar-refractivity contribution in [3.63, 3.8) is 0 Å². The molecule has 0 radical (unpaired) electrons. The van der Waals surface area contributed by atoms with E-state index in [1.54, 1.807) is 12.1 Å². The molecule has 3 aromatic carbocycles. The Hall–Kier alpha value is -4.47. The Labute approximate surface area is 206 Å². The fourth-order valence-electron chi connectivity index (χ4n) is 4.11. The van der Waals surface area contributed by atoms with Gasteiger partial charge in [0.15, 0.2) is 17.6 Å². The van der Waals surface area contributed by atoms with E-state index >= 15 is 0 Å². The summed E-state index contributed by atoms with van der Waals surface area (Å²) < 4.78 is 28.1. The van der Waals surface area contributed by atoms with Crippen LogP contribution in [0.5, 0.6) is 46.0 Å². The molecule has 0 fully saturated rings. The maximum atomic E-state index is 13.0. The molecule has 10 nitrogen and oxygen atoms in total. The molecule has 0 saturated heterocycles. The summed E-state index contributed by atoms with van der Waals surface area (Å²) in [6.45, 7) is 1.50. The van der Waals surface area contributed by atoms with Crippen LogP contribution in [0, 0.1) is 6.92 Å². The third-order valence-corrected chi connectivity index (χ3v) is 6.03. The van der Waals surface area contributed by atoms with Crippen molar-refractivity contribution in [1.82, 2.24) is 0 Å². The van der Waals surface area contributed by atoms with E-state index in [4.69, 9.17) is 23.7 Å². The van der Waals surface area contributed by atoms with Gasteiger partial charge in [-0.15, -0.1) is 0 Å². The Balaban J connectivity index is 1.78. The smallest absolute Gasteiger partial charge is 0.338 e. The predicted octanol–water partition coefficient (Wildman–Crippen LogP) is 3.75. The Morgan fingerprint density at radius 3 is 2.03 bits per heavy atom. The van der Waals surface area contributed by atoms with Crippen molar-refractivity contribution in [2.24, 2.45) is 0 Å². The van der Waals surface area contributed by atoms with Crippen molar-refractivity contribution < 1.29 is 48.9 Å². The molecule has 0 aliphatic carbocycles. The number of carbonyl (C=O) groups excluding carboxylic acids is 1. The van der Waals surface area contributed by atoms with Crippen molar-refractivity contribution in [2.75, 3.05) is 21.3 Å². The number of phenols is 4. The summed E-state index contributed by atoms with van der Waals surface area (Å²) in [5.41, 5.74) is 0.996. The first-order valence-corrected chi connectivity index (χ1v) is 10.9. The molecule has 0 spiro atoms. The largest absolute Gasteiger partial charge is 0.508 e. The highest BCUT2D eigenvalue weighted by molar-refractivity contribution is 5.91. The van der Waals surface area contributed by atoms with Crippen molar-refractivity contribution in [3.05, 3.63) is 58.7 Å². The third kappa shape index (κ3) is 4.45. The number of rotatable bonds is 6. The number of aromatic hydroxyl groups is 4. The van der Waals surface area contributed by atoms with E-state index < -0.39 is 18.2 Å². The van der Waals surface area contributed by atoms with Crippen LogP contribution in [-0.2, 0) is 11.2 Å². The molecule has 1 aliphatic heterocycles. The van der Waals surface area contributed by atoms with Crippen LogP contribution in [-0.4, -0.2) is 53.8 Å². The zero-order valence-electron chi connectivity index (χ0n) is 20.1. The molecule has 0 aromatic heterocycles. The first-order valence-electron chi connectivity index (χ1n) is 10.9. The lowest BCUT2D eigenvalue weighted by Gasteiger charge is -2.34. The van der Waals surface area contributed by atoms with Gasteiger partial charge in [0.25, 0.3) is 0 Å². The summed E-state index contributed by atoms with van der Waals surface area (Å²) in [6.07, 6.45) is -1.84. The van der Waals surface area contributed by atoms with Crippen molar-refractivity contribution >= 4 is 5.97 Å². The first-order chi connectivity index (χ1) is 17.2. The molecule has 0 amide bonds. The first kappa shape index (κ1) is 24.6. The normalized spacial score (nSPS) is 16.4. The van der Waals surface area contributed by atoms with Gasteiger partial charge in [0.1, 0.15) is 34.9 Å². The molecule has 10 heteroatoms. The quantitative estimate of drug-likeness (QED) is 0.371. The number of phenolic OH excluding ortho intramolecular Hbond substituents is 4.